The Morgan fingerprint density at radius 1 is 1.03 bits per heavy atom. The minimum absolute atomic E-state index is 0.0786. The second-order valence-corrected chi connectivity index (χ2v) is 12.9. The van der Waals surface area contributed by atoms with E-state index in [9.17, 15) is 14.4 Å². The number of thiol groups is 1. The zero-order chi connectivity index (χ0) is 29.3. The van der Waals surface area contributed by atoms with Crippen LogP contribution in [0.25, 0.3) is 0 Å². The maximum atomic E-state index is 14.3. The van der Waals surface area contributed by atoms with Crippen molar-refractivity contribution in [3.8, 4) is 0 Å². The average molecular weight is 562 g/mol. The molecule has 1 fully saturated rings. The number of hydrogen-bond donors (Lipinski definition) is 3. The van der Waals surface area contributed by atoms with Crippen LogP contribution in [0.15, 0.2) is 18.2 Å². The molecule has 1 aliphatic carbocycles. The zero-order valence-electron chi connectivity index (χ0n) is 25.3. The molecule has 8 heteroatoms. The summed E-state index contributed by atoms with van der Waals surface area (Å²) in [5.74, 6) is 0.0207. The van der Waals surface area contributed by atoms with Crippen molar-refractivity contribution in [2.75, 3.05) is 5.75 Å². The quantitative estimate of drug-likeness (QED) is 0.278. The number of carbonyl (C=O) groups excluding carboxylic acids is 3. The molecule has 1 aliphatic rings. The van der Waals surface area contributed by atoms with Crippen LogP contribution in [0, 0.1) is 19.8 Å². The molecule has 0 radical (unpaired) electrons. The lowest BCUT2D eigenvalue weighted by Gasteiger charge is -2.40. The second-order valence-electron chi connectivity index (χ2n) is 12.5. The van der Waals surface area contributed by atoms with Crippen LogP contribution < -0.4 is 10.6 Å². The van der Waals surface area contributed by atoms with Gasteiger partial charge in [0.25, 0.3) is 0 Å². The summed E-state index contributed by atoms with van der Waals surface area (Å²) in [5.41, 5.74) is 2.04. The van der Waals surface area contributed by atoms with E-state index in [0.717, 1.165) is 55.2 Å². The van der Waals surface area contributed by atoms with Gasteiger partial charge in [-0.1, -0.05) is 51.3 Å². The standard InChI is InChI=1S/C31H51N3O4S/c1-20(2)17-18-23(5)34(29(36)25(19-39)33-30(37)38-31(6,7)8)27(26-21(3)13-12-14-22(26)4)28(35)32-24-15-10-9-11-16-24/h12-14,20,23-25,27,39H,9-11,15-19H2,1-8H3,(H,32,35)(H,33,37). The van der Waals surface area contributed by atoms with E-state index in [1.807, 2.05) is 39.0 Å². The highest BCUT2D eigenvalue weighted by Gasteiger charge is 2.40. The smallest absolute Gasteiger partial charge is 0.408 e. The molecule has 0 aliphatic heterocycles. The highest BCUT2D eigenvalue weighted by Crippen LogP contribution is 2.32. The first-order chi connectivity index (χ1) is 18.2. The van der Waals surface area contributed by atoms with Crippen LogP contribution in [0.2, 0.25) is 0 Å². The lowest BCUT2D eigenvalue weighted by molar-refractivity contribution is -0.145. The van der Waals surface area contributed by atoms with Crippen LogP contribution in [0.1, 0.15) is 109 Å². The fourth-order valence-corrected chi connectivity index (χ4v) is 5.56. The average Bonchev–Trinajstić information content (AvgIpc) is 2.84. The van der Waals surface area contributed by atoms with E-state index < -0.39 is 23.8 Å². The summed E-state index contributed by atoms with van der Waals surface area (Å²) >= 11 is 4.42. The molecule has 0 heterocycles. The highest BCUT2D eigenvalue weighted by atomic mass is 32.1. The lowest BCUT2D eigenvalue weighted by atomic mass is 9.90. The van der Waals surface area contributed by atoms with Gasteiger partial charge >= 0.3 is 6.09 Å². The number of hydrogen-bond acceptors (Lipinski definition) is 5. The summed E-state index contributed by atoms with van der Waals surface area (Å²) in [5, 5.41) is 6.01. The van der Waals surface area contributed by atoms with Gasteiger partial charge in [-0.2, -0.15) is 12.6 Å². The number of nitrogens with one attached hydrogen (secondary N) is 2. The Balaban J connectivity index is 2.56. The molecule has 1 saturated carbocycles. The minimum Gasteiger partial charge on any atom is -0.444 e. The molecule has 0 spiro atoms. The first-order valence-electron chi connectivity index (χ1n) is 14.5. The van der Waals surface area contributed by atoms with Gasteiger partial charge in [-0.25, -0.2) is 4.79 Å². The fraction of sp³-hybridized carbons (Fsp3) is 0.710. The van der Waals surface area contributed by atoms with Gasteiger partial charge in [-0.3, -0.25) is 9.59 Å². The third-order valence-electron chi connectivity index (χ3n) is 7.36. The Morgan fingerprint density at radius 3 is 2.13 bits per heavy atom. The normalized spacial score (nSPS) is 16.8. The maximum Gasteiger partial charge on any atom is 0.408 e. The lowest BCUT2D eigenvalue weighted by Crippen LogP contribution is -2.57. The molecule has 39 heavy (non-hydrogen) atoms. The van der Waals surface area contributed by atoms with Crippen molar-refractivity contribution in [1.82, 2.24) is 15.5 Å². The first-order valence-corrected chi connectivity index (χ1v) is 15.2. The van der Waals surface area contributed by atoms with Crippen LogP contribution in [0.5, 0.6) is 0 Å². The number of benzene rings is 1. The van der Waals surface area contributed by atoms with E-state index >= 15 is 0 Å². The van der Waals surface area contributed by atoms with Crippen LogP contribution in [0.3, 0.4) is 0 Å². The van der Waals surface area contributed by atoms with Gasteiger partial charge in [-0.15, -0.1) is 0 Å². The topological polar surface area (TPSA) is 87.7 Å². The summed E-state index contributed by atoms with van der Waals surface area (Å²) in [7, 11) is 0. The molecule has 2 N–H and O–H groups in total. The third kappa shape index (κ3) is 10.0. The molecule has 3 unspecified atom stereocenters. The zero-order valence-corrected chi connectivity index (χ0v) is 26.2. The third-order valence-corrected chi connectivity index (χ3v) is 7.72. The van der Waals surface area contributed by atoms with E-state index in [1.165, 1.54) is 6.42 Å². The Kier molecular flexibility index (Phi) is 12.7. The van der Waals surface area contributed by atoms with Crippen molar-refractivity contribution in [2.24, 2.45) is 5.92 Å². The Bertz CT molecular complexity index is 949. The summed E-state index contributed by atoms with van der Waals surface area (Å²) in [6.45, 7) is 15.6. The predicted molar refractivity (Wildman–Crippen MR) is 161 cm³/mol. The molecule has 2 rings (SSSR count). The number of rotatable bonds is 11. The van der Waals surface area contributed by atoms with Crippen LogP contribution >= 0.6 is 12.6 Å². The molecule has 220 valence electrons. The van der Waals surface area contributed by atoms with Crippen molar-refractivity contribution < 1.29 is 19.1 Å². The number of nitrogens with zero attached hydrogens (tertiary/aromatic N) is 1. The van der Waals surface area contributed by atoms with Crippen molar-refractivity contribution in [3.05, 3.63) is 34.9 Å². The summed E-state index contributed by atoms with van der Waals surface area (Å²) in [6.07, 6.45) is 6.21. The van der Waals surface area contributed by atoms with Crippen LogP contribution in [-0.2, 0) is 14.3 Å². The van der Waals surface area contributed by atoms with Gasteiger partial charge in [0.05, 0.1) is 0 Å². The van der Waals surface area contributed by atoms with Crippen LogP contribution in [-0.4, -0.2) is 52.3 Å². The van der Waals surface area contributed by atoms with Crippen molar-refractivity contribution in [3.63, 3.8) is 0 Å². The molecular formula is C31H51N3O4S. The van der Waals surface area contributed by atoms with Gasteiger partial charge in [0, 0.05) is 17.8 Å². The number of carbonyl (C=O) groups is 3. The number of aryl methyl sites for hydroxylation is 2. The van der Waals surface area contributed by atoms with Gasteiger partial charge in [-0.05, 0) is 89.8 Å². The molecule has 0 saturated heterocycles. The number of alkyl carbamates (subject to hydrolysis) is 1. The van der Waals surface area contributed by atoms with Gasteiger partial charge in [0.1, 0.15) is 17.7 Å². The maximum absolute atomic E-state index is 14.3. The number of amides is 3. The van der Waals surface area contributed by atoms with Crippen molar-refractivity contribution in [1.29, 1.82) is 0 Å². The van der Waals surface area contributed by atoms with Gasteiger partial charge < -0.3 is 20.3 Å². The molecule has 3 atom stereocenters. The Morgan fingerprint density at radius 2 is 1.62 bits per heavy atom. The summed E-state index contributed by atoms with van der Waals surface area (Å²) in [6, 6.07) is 4.02. The largest absolute Gasteiger partial charge is 0.444 e. The molecule has 7 nitrogen and oxygen atoms in total. The molecular weight excluding hydrogens is 510 g/mol. The minimum atomic E-state index is -0.945. The molecule has 0 aromatic heterocycles. The van der Waals surface area contributed by atoms with E-state index in [1.54, 1.807) is 25.7 Å². The van der Waals surface area contributed by atoms with E-state index in [0.29, 0.717) is 5.92 Å². The Hall–Kier alpha value is -2.22. The number of ether oxygens (including phenoxy) is 1. The molecule has 3 amide bonds. The highest BCUT2D eigenvalue weighted by molar-refractivity contribution is 7.80. The van der Waals surface area contributed by atoms with Gasteiger partial charge in [0.15, 0.2) is 0 Å². The first kappa shape index (κ1) is 33.0. The van der Waals surface area contributed by atoms with E-state index in [4.69, 9.17) is 4.74 Å². The second kappa shape index (κ2) is 15.0. The molecule has 0 bridgehead atoms. The van der Waals surface area contributed by atoms with E-state index in [-0.39, 0.29) is 29.7 Å². The van der Waals surface area contributed by atoms with Gasteiger partial charge in [0.2, 0.25) is 11.8 Å². The summed E-state index contributed by atoms with van der Waals surface area (Å²) < 4.78 is 5.44. The fourth-order valence-electron chi connectivity index (χ4n) is 5.31. The van der Waals surface area contributed by atoms with Crippen molar-refractivity contribution in [2.45, 2.75) is 130 Å². The SMILES string of the molecule is Cc1cccc(C)c1C(C(=O)NC1CCCCC1)N(C(=O)C(CS)NC(=O)OC(C)(C)C)C(C)CCC(C)C. The Labute approximate surface area is 241 Å². The molecule has 1 aromatic rings. The predicted octanol–water partition coefficient (Wildman–Crippen LogP) is 6.27. The monoisotopic (exact) mass is 561 g/mol. The van der Waals surface area contributed by atoms with E-state index in [2.05, 4.69) is 37.1 Å². The van der Waals surface area contributed by atoms with Crippen molar-refractivity contribution >= 4 is 30.5 Å². The van der Waals surface area contributed by atoms with Crippen LogP contribution in [0.4, 0.5) is 4.79 Å². The summed E-state index contributed by atoms with van der Waals surface area (Å²) in [4.78, 5) is 42.9. The molecule has 1 aromatic carbocycles.